The molecular weight excluding hydrogens is 408 g/mol. The third kappa shape index (κ3) is 3.88. The molecule has 1 saturated carbocycles. The van der Waals surface area contributed by atoms with E-state index in [1.165, 1.54) is 38.8 Å². The van der Waals surface area contributed by atoms with Gasteiger partial charge < -0.3 is 14.8 Å². The van der Waals surface area contributed by atoms with Crippen LogP contribution in [0, 0.1) is 0 Å². The summed E-state index contributed by atoms with van der Waals surface area (Å²) in [6, 6.07) is 11.0. The van der Waals surface area contributed by atoms with E-state index in [2.05, 4.69) is 5.32 Å². The highest BCUT2D eigenvalue weighted by molar-refractivity contribution is 7.89. The Kier molecular flexibility index (Phi) is 5.44. The second-order valence-electron chi connectivity index (χ2n) is 7.42. The lowest BCUT2D eigenvalue weighted by Gasteiger charge is -2.31. The first-order chi connectivity index (χ1) is 14.3. The molecule has 1 aliphatic heterocycles. The number of carbonyl (C=O) groups excluding carboxylic acids is 1. The summed E-state index contributed by atoms with van der Waals surface area (Å²) in [4.78, 5) is 17.4. The zero-order valence-corrected chi connectivity index (χ0v) is 17.7. The molecule has 9 heteroatoms. The molecule has 1 N–H and O–H groups in total. The molecule has 2 aromatic carbocycles. The summed E-state index contributed by atoms with van der Waals surface area (Å²) in [5.74, 6) is 0.260. The number of fused-ring (bicyclic) bond motifs is 1. The van der Waals surface area contributed by atoms with Crippen molar-refractivity contribution < 1.29 is 27.5 Å². The van der Waals surface area contributed by atoms with Crippen LogP contribution >= 0.6 is 0 Å². The van der Waals surface area contributed by atoms with Crippen LogP contribution in [-0.4, -0.2) is 38.7 Å². The highest BCUT2D eigenvalue weighted by Crippen LogP contribution is 2.46. The second kappa shape index (κ2) is 7.90. The van der Waals surface area contributed by atoms with Gasteiger partial charge in [0.15, 0.2) is 11.5 Å². The maximum absolute atomic E-state index is 12.7. The van der Waals surface area contributed by atoms with Gasteiger partial charge in [-0.2, -0.15) is 0 Å². The smallest absolute Gasteiger partial charge is 0.264 e. The predicted molar refractivity (Wildman–Crippen MR) is 110 cm³/mol. The van der Waals surface area contributed by atoms with Crippen LogP contribution < -0.4 is 14.8 Å². The molecular formula is C21H24N2O6S. The zero-order chi connectivity index (χ0) is 21.4. The molecule has 0 unspecified atom stereocenters. The molecule has 1 spiro atoms. The Morgan fingerprint density at radius 2 is 1.80 bits per heavy atom. The Hall–Kier alpha value is -2.62. The number of rotatable bonds is 5. The van der Waals surface area contributed by atoms with Crippen LogP contribution in [-0.2, 0) is 14.9 Å². The molecule has 1 amide bonds. The SMILES string of the molecule is CON(C)S(=O)(=O)c1cccc(C(=O)Nc2ccc3c(c2)OC2(CCCCC2)O3)c1. The minimum atomic E-state index is -3.85. The van der Waals surface area contributed by atoms with Crippen molar-refractivity contribution in [2.75, 3.05) is 19.5 Å². The minimum Gasteiger partial charge on any atom is -0.448 e. The number of nitrogens with one attached hydrogen (secondary N) is 1. The summed E-state index contributed by atoms with van der Waals surface area (Å²) in [6.45, 7) is 0. The van der Waals surface area contributed by atoms with Gasteiger partial charge >= 0.3 is 0 Å². The number of benzene rings is 2. The molecule has 1 heterocycles. The van der Waals surface area contributed by atoms with Gasteiger partial charge in [-0.3, -0.25) is 9.63 Å². The van der Waals surface area contributed by atoms with Crippen molar-refractivity contribution >= 4 is 21.6 Å². The second-order valence-corrected chi connectivity index (χ2v) is 9.35. The lowest BCUT2D eigenvalue weighted by atomic mass is 9.94. The normalized spacial score (nSPS) is 17.3. The highest BCUT2D eigenvalue weighted by Gasteiger charge is 2.42. The Balaban J connectivity index is 1.51. The number of ether oxygens (including phenoxy) is 2. The Morgan fingerprint density at radius 1 is 1.07 bits per heavy atom. The van der Waals surface area contributed by atoms with Gasteiger partial charge in [0.1, 0.15) is 0 Å². The van der Waals surface area contributed by atoms with Crippen molar-refractivity contribution in [2.24, 2.45) is 0 Å². The molecule has 0 atom stereocenters. The third-order valence-corrected chi connectivity index (χ3v) is 7.07. The van der Waals surface area contributed by atoms with E-state index in [1.54, 1.807) is 24.3 Å². The molecule has 4 rings (SSSR count). The summed E-state index contributed by atoms with van der Waals surface area (Å²) >= 11 is 0. The van der Waals surface area contributed by atoms with Crippen molar-refractivity contribution in [1.82, 2.24) is 4.47 Å². The van der Waals surface area contributed by atoms with E-state index < -0.39 is 21.7 Å². The van der Waals surface area contributed by atoms with Gasteiger partial charge in [-0.15, -0.1) is 0 Å². The number of nitrogens with zero attached hydrogens (tertiary/aromatic N) is 1. The zero-order valence-electron chi connectivity index (χ0n) is 16.9. The van der Waals surface area contributed by atoms with Crippen LogP contribution in [0.25, 0.3) is 0 Å². The summed E-state index contributed by atoms with van der Waals surface area (Å²) < 4.78 is 37.7. The summed E-state index contributed by atoms with van der Waals surface area (Å²) in [7, 11) is -1.31. The van der Waals surface area contributed by atoms with Crippen LogP contribution in [0.2, 0.25) is 0 Å². The number of amides is 1. The largest absolute Gasteiger partial charge is 0.448 e. The molecule has 2 aromatic rings. The fourth-order valence-electron chi connectivity index (χ4n) is 3.71. The van der Waals surface area contributed by atoms with Crippen molar-refractivity contribution in [1.29, 1.82) is 0 Å². The summed E-state index contributed by atoms with van der Waals surface area (Å²) in [5.41, 5.74) is 0.750. The molecule has 0 saturated heterocycles. The van der Waals surface area contributed by atoms with E-state index in [-0.39, 0.29) is 10.5 Å². The Morgan fingerprint density at radius 3 is 2.53 bits per heavy atom. The Bertz CT molecular complexity index is 1060. The van der Waals surface area contributed by atoms with E-state index in [9.17, 15) is 13.2 Å². The van der Waals surface area contributed by atoms with Crippen LogP contribution in [0.3, 0.4) is 0 Å². The van der Waals surface area contributed by atoms with E-state index in [0.717, 1.165) is 30.2 Å². The number of carbonyl (C=O) groups is 1. The van der Waals surface area contributed by atoms with Gasteiger partial charge in [0.2, 0.25) is 0 Å². The minimum absolute atomic E-state index is 0.0376. The molecule has 160 valence electrons. The van der Waals surface area contributed by atoms with E-state index >= 15 is 0 Å². The summed E-state index contributed by atoms with van der Waals surface area (Å²) in [5, 5.41) is 2.79. The number of sulfonamides is 1. The van der Waals surface area contributed by atoms with Gasteiger partial charge in [-0.05, 0) is 43.2 Å². The number of hydroxylamine groups is 1. The third-order valence-electron chi connectivity index (χ3n) is 5.40. The summed E-state index contributed by atoms with van der Waals surface area (Å²) in [6.07, 6.45) is 5.01. The maximum atomic E-state index is 12.7. The highest BCUT2D eigenvalue weighted by atomic mass is 32.2. The molecule has 8 nitrogen and oxygen atoms in total. The Labute approximate surface area is 175 Å². The average molecular weight is 432 g/mol. The first-order valence-electron chi connectivity index (χ1n) is 9.80. The number of anilines is 1. The van der Waals surface area contributed by atoms with Crippen LogP contribution in [0.1, 0.15) is 42.5 Å². The van der Waals surface area contributed by atoms with E-state index in [4.69, 9.17) is 14.3 Å². The number of hydrogen-bond donors (Lipinski definition) is 1. The predicted octanol–water partition coefficient (Wildman–Crippen LogP) is 3.55. The lowest BCUT2D eigenvalue weighted by Crippen LogP contribution is -2.40. The molecule has 2 aliphatic rings. The van der Waals surface area contributed by atoms with E-state index in [0.29, 0.717) is 17.2 Å². The van der Waals surface area contributed by atoms with Crippen molar-refractivity contribution in [2.45, 2.75) is 42.8 Å². The van der Waals surface area contributed by atoms with Crippen LogP contribution in [0.15, 0.2) is 47.4 Å². The maximum Gasteiger partial charge on any atom is 0.264 e. The van der Waals surface area contributed by atoms with Crippen molar-refractivity contribution in [3.05, 3.63) is 48.0 Å². The average Bonchev–Trinajstić information content (AvgIpc) is 3.10. The van der Waals surface area contributed by atoms with Crippen LogP contribution in [0.5, 0.6) is 11.5 Å². The monoisotopic (exact) mass is 432 g/mol. The van der Waals surface area contributed by atoms with Crippen molar-refractivity contribution in [3.63, 3.8) is 0 Å². The first kappa shape index (κ1) is 20.6. The van der Waals surface area contributed by atoms with Gasteiger partial charge in [0.25, 0.3) is 21.7 Å². The quantitative estimate of drug-likeness (QED) is 0.726. The molecule has 0 aromatic heterocycles. The molecule has 0 radical (unpaired) electrons. The van der Waals surface area contributed by atoms with E-state index in [1.807, 2.05) is 0 Å². The van der Waals surface area contributed by atoms with Gasteiger partial charge in [0, 0.05) is 37.2 Å². The van der Waals surface area contributed by atoms with Crippen molar-refractivity contribution in [3.8, 4) is 11.5 Å². The van der Waals surface area contributed by atoms with Crippen LogP contribution in [0.4, 0.5) is 5.69 Å². The fourth-order valence-corrected chi connectivity index (χ4v) is 4.73. The number of hydrogen-bond acceptors (Lipinski definition) is 6. The topological polar surface area (TPSA) is 94.2 Å². The standard InChI is InChI=1S/C21H24N2O6S/c1-23(27-2)30(25,26)17-8-6-7-15(13-17)20(24)22-16-9-10-18-19(14-16)29-21(28-18)11-4-3-5-12-21/h6-10,13-14H,3-5,11-12H2,1-2H3,(H,22,24). The first-order valence-corrected chi connectivity index (χ1v) is 11.2. The molecule has 0 bridgehead atoms. The van der Waals surface area contributed by atoms with Gasteiger partial charge in [0.05, 0.1) is 12.0 Å². The molecule has 30 heavy (non-hydrogen) atoms. The van der Waals surface area contributed by atoms with Gasteiger partial charge in [-0.25, -0.2) is 8.42 Å². The molecule has 1 fully saturated rings. The fraction of sp³-hybridized carbons (Fsp3) is 0.381. The molecule has 1 aliphatic carbocycles. The van der Waals surface area contributed by atoms with Gasteiger partial charge in [-0.1, -0.05) is 17.0 Å². The lowest BCUT2D eigenvalue weighted by molar-refractivity contribution is -0.105.